The van der Waals surface area contributed by atoms with Crippen LogP contribution in [0.4, 0.5) is 0 Å². The molecule has 0 unspecified atom stereocenters. The number of nitrogens with one attached hydrogen (secondary N) is 1. The number of nitrogens with two attached hydrogens (primary N) is 1. The van der Waals surface area contributed by atoms with Crippen LogP contribution >= 0.6 is 0 Å². The molecule has 1 aromatic heterocycles. The third-order valence-corrected chi connectivity index (χ3v) is 3.01. The van der Waals surface area contributed by atoms with Crippen LogP contribution in [0.3, 0.4) is 0 Å². The van der Waals surface area contributed by atoms with Gasteiger partial charge in [0.2, 0.25) is 0 Å². The average Bonchev–Trinajstić information content (AvgIpc) is 2.38. The zero-order valence-corrected chi connectivity index (χ0v) is 11.9. The Kier molecular flexibility index (Phi) is 5.30. The highest BCUT2D eigenvalue weighted by molar-refractivity contribution is 5.93. The van der Waals surface area contributed by atoms with Gasteiger partial charge < -0.3 is 15.6 Å². The Morgan fingerprint density at radius 2 is 2.16 bits per heavy atom. The highest BCUT2D eigenvalue weighted by atomic mass is 16.2. The monoisotopic (exact) mass is 265 g/mol. The van der Waals surface area contributed by atoms with E-state index in [1.165, 1.54) is 18.5 Å². The molecule has 1 amide bonds. The zero-order chi connectivity index (χ0) is 14.5. The van der Waals surface area contributed by atoms with Crippen LogP contribution in [-0.4, -0.2) is 35.4 Å². The van der Waals surface area contributed by atoms with Gasteiger partial charge >= 0.3 is 0 Å². The molecular formula is C14H23N3O2. The van der Waals surface area contributed by atoms with E-state index in [9.17, 15) is 9.59 Å². The largest absolute Gasteiger partial charge is 0.367 e. The van der Waals surface area contributed by atoms with Crippen LogP contribution in [0.25, 0.3) is 0 Å². The van der Waals surface area contributed by atoms with Gasteiger partial charge in [0.05, 0.1) is 0 Å². The predicted molar refractivity (Wildman–Crippen MR) is 76.1 cm³/mol. The molecule has 1 heterocycles. The molecular weight excluding hydrogens is 242 g/mol. The smallest absolute Gasteiger partial charge is 0.259 e. The molecule has 0 atom stereocenters. The maximum atomic E-state index is 12.4. The van der Waals surface area contributed by atoms with Crippen molar-refractivity contribution in [3.05, 3.63) is 34.2 Å². The topological polar surface area (TPSA) is 79.2 Å². The van der Waals surface area contributed by atoms with Crippen molar-refractivity contribution >= 4 is 5.91 Å². The summed E-state index contributed by atoms with van der Waals surface area (Å²) in [6, 6.07) is 1.37. The summed E-state index contributed by atoms with van der Waals surface area (Å²) in [5, 5.41) is 0. The van der Waals surface area contributed by atoms with Crippen LogP contribution in [0.15, 0.2) is 23.3 Å². The van der Waals surface area contributed by atoms with Gasteiger partial charge in [-0.15, -0.1) is 0 Å². The normalized spacial score (nSPS) is 11.4. The van der Waals surface area contributed by atoms with Gasteiger partial charge in [-0.25, -0.2) is 0 Å². The Balaban J connectivity index is 2.97. The van der Waals surface area contributed by atoms with E-state index in [2.05, 4.69) is 4.98 Å². The number of carbonyl (C=O) groups excluding carboxylic acids is 1. The number of pyridine rings is 1. The van der Waals surface area contributed by atoms with E-state index >= 15 is 0 Å². The lowest BCUT2D eigenvalue weighted by molar-refractivity contribution is 0.0688. The molecule has 5 heteroatoms. The summed E-state index contributed by atoms with van der Waals surface area (Å²) >= 11 is 0. The van der Waals surface area contributed by atoms with E-state index in [-0.39, 0.29) is 22.3 Å². The molecule has 106 valence electrons. The van der Waals surface area contributed by atoms with Crippen LogP contribution in [0, 0.1) is 5.41 Å². The third-order valence-electron chi connectivity index (χ3n) is 3.01. The fourth-order valence-electron chi connectivity index (χ4n) is 1.86. The van der Waals surface area contributed by atoms with Gasteiger partial charge in [-0.1, -0.05) is 20.8 Å². The first-order chi connectivity index (χ1) is 8.91. The molecule has 0 saturated heterocycles. The van der Waals surface area contributed by atoms with Crippen LogP contribution in [0.1, 0.15) is 37.6 Å². The standard InChI is InChI=1S/C14H23N3O2/c1-4-7-17(10-14(2,3)9-15)13(19)11-8-16-6-5-12(11)18/h5-6,8H,4,7,9-10,15H2,1-3H3,(H,16,18). The summed E-state index contributed by atoms with van der Waals surface area (Å²) < 4.78 is 0. The van der Waals surface area contributed by atoms with Crippen LogP contribution < -0.4 is 11.2 Å². The fraction of sp³-hybridized carbons (Fsp3) is 0.571. The average molecular weight is 265 g/mol. The number of aromatic amines is 1. The van der Waals surface area contributed by atoms with Crippen molar-refractivity contribution in [2.45, 2.75) is 27.2 Å². The SMILES string of the molecule is CCCN(CC(C)(C)CN)C(=O)c1c[nH]ccc1=O. The van der Waals surface area contributed by atoms with E-state index in [0.29, 0.717) is 19.6 Å². The summed E-state index contributed by atoms with van der Waals surface area (Å²) in [4.78, 5) is 28.6. The van der Waals surface area contributed by atoms with Crippen molar-refractivity contribution in [3.8, 4) is 0 Å². The first-order valence-corrected chi connectivity index (χ1v) is 6.57. The zero-order valence-electron chi connectivity index (χ0n) is 11.9. The van der Waals surface area contributed by atoms with Gasteiger partial charge in [0.25, 0.3) is 5.91 Å². The second-order valence-electron chi connectivity index (χ2n) is 5.52. The lowest BCUT2D eigenvalue weighted by Gasteiger charge is -2.31. The lowest BCUT2D eigenvalue weighted by atomic mass is 9.92. The molecule has 3 N–H and O–H groups in total. The number of amides is 1. The molecule has 0 aliphatic heterocycles. The number of H-pyrrole nitrogens is 1. The Bertz CT molecular complexity index is 480. The second kappa shape index (κ2) is 6.52. The van der Waals surface area contributed by atoms with Gasteiger partial charge in [0, 0.05) is 31.5 Å². The Hall–Kier alpha value is -1.62. The maximum Gasteiger partial charge on any atom is 0.259 e. The van der Waals surface area contributed by atoms with Gasteiger partial charge in [-0.2, -0.15) is 0 Å². The van der Waals surface area contributed by atoms with Crippen LogP contribution in [-0.2, 0) is 0 Å². The molecule has 5 nitrogen and oxygen atoms in total. The van der Waals surface area contributed by atoms with Crippen molar-refractivity contribution in [3.63, 3.8) is 0 Å². The van der Waals surface area contributed by atoms with E-state index in [1.807, 2.05) is 20.8 Å². The van der Waals surface area contributed by atoms with Crippen molar-refractivity contribution in [2.24, 2.45) is 11.1 Å². The number of hydrogen-bond donors (Lipinski definition) is 2. The number of hydrogen-bond acceptors (Lipinski definition) is 3. The minimum absolute atomic E-state index is 0.160. The fourth-order valence-corrected chi connectivity index (χ4v) is 1.86. The van der Waals surface area contributed by atoms with E-state index in [1.54, 1.807) is 4.90 Å². The van der Waals surface area contributed by atoms with E-state index in [4.69, 9.17) is 5.73 Å². The molecule has 1 rings (SSSR count). The second-order valence-corrected chi connectivity index (χ2v) is 5.52. The molecule has 0 aliphatic carbocycles. The quantitative estimate of drug-likeness (QED) is 0.811. The Morgan fingerprint density at radius 1 is 1.47 bits per heavy atom. The van der Waals surface area contributed by atoms with Crippen molar-refractivity contribution in [1.29, 1.82) is 0 Å². The maximum absolute atomic E-state index is 12.4. The molecule has 0 spiro atoms. The highest BCUT2D eigenvalue weighted by Crippen LogP contribution is 2.16. The Labute approximate surface area is 113 Å². The Morgan fingerprint density at radius 3 is 2.68 bits per heavy atom. The molecule has 0 radical (unpaired) electrons. The molecule has 0 saturated carbocycles. The molecule has 1 aromatic rings. The van der Waals surface area contributed by atoms with Crippen LogP contribution in [0.5, 0.6) is 0 Å². The molecule has 19 heavy (non-hydrogen) atoms. The van der Waals surface area contributed by atoms with Gasteiger partial charge in [-0.3, -0.25) is 9.59 Å². The third kappa shape index (κ3) is 4.21. The first kappa shape index (κ1) is 15.4. The number of nitrogens with zero attached hydrogens (tertiary/aromatic N) is 1. The van der Waals surface area contributed by atoms with Gasteiger partial charge in [0.15, 0.2) is 5.43 Å². The van der Waals surface area contributed by atoms with Crippen LogP contribution in [0.2, 0.25) is 0 Å². The van der Waals surface area contributed by atoms with E-state index < -0.39 is 0 Å². The molecule has 0 bridgehead atoms. The number of carbonyl (C=O) groups is 1. The van der Waals surface area contributed by atoms with Crippen molar-refractivity contribution < 1.29 is 4.79 Å². The summed E-state index contributed by atoms with van der Waals surface area (Å²) in [5.74, 6) is -0.231. The predicted octanol–water partition coefficient (Wildman–Crippen LogP) is 1.21. The molecule has 0 fully saturated rings. The van der Waals surface area contributed by atoms with Crippen molar-refractivity contribution in [1.82, 2.24) is 9.88 Å². The highest BCUT2D eigenvalue weighted by Gasteiger charge is 2.25. The first-order valence-electron chi connectivity index (χ1n) is 6.57. The molecule has 0 aliphatic rings. The van der Waals surface area contributed by atoms with Gasteiger partial charge in [-0.05, 0) is 18.4 Å². The summed E-state index contributed by atoms with van der Waals surface area (Å²) in [7, 11) is 0. The summed E-state index contributed by atoms with van der Waals surface area (Å²) in [6.45, 7) is 7.69. The summed E-state index contributed by atoms with van der Waals surface area (Å²) in [6.07, 6.45) is 3.83. The summed E-state index contributed by atoms with van der Waals surface area (Å²) in [5.41, 5.74) is 5.48. The minimum atomic E-state index is -0.254. The molecule has 0 aromatic carbocycles. The number of rotatable bonds is 6. The van der Waals surface area contributed by atoms with Crippen molar-refractivity contribution in [2.75, 3.05) is 19.6 Å². The lowest BCUT2D eigenvalue weighted by Crippen LogP contribution is -2.43. The minimum Gasteiger partial charge on any atom is -0.367 e. The van der Waals surface area contributed by atoms with Gasteiger partial charge in [0.1, 0.15) is 5.56 Å². The number of aromatic nitrogens is 1. The van der Waals surface area contributed by atoms with E-state index in [0.717, 1.165) is 6.42 Å².